The number of aromatic nitrogens is 6. The molecule has 4 heterocycles. The molecule has 1 saturated heterocycles. The number of hydrogen-bond donors (Lipinski definition) is 1. The molecule has 7 nitrogen and oxygen atoms in total. The monoisotopic (exact) mass is 738 g/mol. The molecule has 1 fully saturated rings. The molecule has 3 aromatic heterocycles. The number of para-hydroxylation sites is 6. The van der Waals surface area contributed by atoms with Crippen molar-refractivity contribution in [3.63, 3.8) is 0 Å². The Hall–Kier alpha value is -2.88. The van der Waals surface area contributed by atoms with Crippen LogP contribution in [0.1, 0.15) is 32.6 Å². The first-order chi connectivity index (χ1) is 22.9. The molecule has 0 amide bonds. The molecule has 0 bridgehead atoms. The minimum atomic E-state index is 0. The minimum Gasteiger partial charge on any atom is -0.381 e. The number of terminal acetylenes is 1. The minimum absolute atomic E-state index is 0. The molecule has 1 aliphatic rings. The first-order valence-corrected chi connectivity index (χ1v) is 16.5. The predicted octanol–water partition coefficient (Wildman–Crippen LogP) is 8.23. The SMILES string of the molecule is C#Cn1cnc2ccccc21.C1CCOC1.Cl/C=C(/Cl)n1cnc2ccccc21.ClC=C(Cl)Cl.[CH2-]CCC.[Li+].c1ccc2[nH]cnc2c1. The van der Waals surface area contributed by atoms with Crippen molar-refractivity contribution < 1.29 is 23.6 Å². The summed E-state index contributed by atoms with van der Waals surface area (Å²) in [4.78, 5) is 15.3. The number of nitrogens with one attached hydrogen (secondary N) is 1. The van der Waals surface area contributed by atoms with E-state index in [4.69, 9.17) is 69.2 Å². The van der Waals surface area contributed by atoms with Crippen molar-refractivity contribution in [3.8, 4) is 12.5 Å². The second-order valence-electron chi connectivity index (χ2n) is 9.26. The third-order valence-corrected chi connectivity index (χ3v) is 7.23. The Bertz CT molecular complexity index is 1800. The Labute approximate surface area is 319 Å². The van der Waals surface area contributed by atoms with E-state index in [1.807, 2.05) is 72.8 Å². The predicted molar refractivity (Wildman–Crippen MR) is 202 cm³/mol. The molecule has 0 spiro atoms. The number of aromatic amines is 1. The Morgan fingerprint density at radius 3 is 1.88 bits per heavy atom. The maximum absolute atomic E-state index is 5.86. The summed E-state index contributed by atoms with van der Waals surface area (Å²) in [5.74, 6) is 0. The van der Waals surface area contributed by atoms with Gasteiger partial charge in [0.2, 0.25) is 0 Å². The average molecular weight is 741 g/mol. The van der Waals surface area contributed by atoms with Crippen LogP contribution in [0.2, 0.25) is 0 Å². The summed E-state index contributed by atoms with van der Waals surface area (Å²) in [5.41, 5.74) is 8.29. The smallest absolute Gasteiger partial charge is 0.381 e. The van der Waals surface area contributed by atoms with Crippen LogP contribution in [0.5, 0.6) is 0 Å². The number of rotatable bonds is 2. The van der Waals surface area contributed by atoms with Crippen molar-refractivity contribution in [3.05, 3.63) is 114 Å². The fourth-order valence-electron chi connectivity index (χ4n) is 3.63. The van der Waals surface area contributed by atoms with E-state index in [-0.39, 0.29) is 23.4 Å². The van der Waals surface area contributed by atoms with E-state index in [1.165, 1.54) is 24.8 Å². The molecule has 3 aromatic carbocycles. The van der Waals surface area contributed by atoms with Gasteiger partial charge in [0.15, 0.2) is 0 Å². The summed E-state index contributed by atoms with van der Waals surface area (Å²) in [6, 6.07) is 25.9. The molecule has 7 rings (SSSR count). The normalized spacial score (nSPS) is 11.3. The van der Waals surface area contributed by atoms with Crippen LogP contribution in [-0.4, -0.2) is 42.3 Å². The van der Waals surface area contributed by atoms with Crippen molar-refractivity contribution in [1.29, 1.82) is 0 Å². The zero-order valence-electron chi connectivity index (χ0n) is 26.9. The number of ether oxygens (including phenoxy) is 1. The fourth-order valence-corrected chi connectivity index (χ4v) is 3.87. The molecule has 48 heavy (non-hydrogen) atoms. The number of halogens is 5. The number of unbranched alkanes of at least 4 members (excludes halogenated alkanes) is 1. The molecule has 0 saturated carbocycles. The van der Waals surface area contributed by atoms with Gasteiger partial charge in [-0.05, 0) is 49.2 Å². The van der Waals surface area contributed by atoms with E-state index in [0.29, 0.717) is 5.16 Å². The molecule has 248 valence electrons. The second kappa shape index (κ2) is 26.0. The first-order valence-electron chi connectivity index (χ1n) is 14.5. The molecule has 0 atom stereocenters. The van der Waals surface area contributed by atoms with Gasteiger partial charge < -0.3 is 16.6 Å². The van der Waals surface area contributed by atoms with Gasteiger partial charge in [-0.15, -0.1) is 0 Å². The molecule has 0 unspecified atom stereocenters. The maximum atomic E-state index is 5.86. The van der Waals surface area contributed by atoms with Crippen LogP contribution in [0.25, 0.3) is 38.3 Å². The summed E-state index contributed by atoms with van der Waals surface area (Å²) in [7, 11) is 0. The Kier molecular flexibility index (Phi) is 23.4. The number of hydrogen-bond acceptors (Lipinski definition) is 4. The molecular formula is C35H36Cl5LiN6O. The number of nitrogens with zero attached hydrogens (tertiary/aromatic N) is 5. The standard InChI is InChI=1S/C9H6Cl2N2.C9H6N2.C7H6N2.C4H8O.C4H9.C2HCl3.Li/c10-5-9(11)13-6-12-7-3-1-2-4-8(7)13;1-2-11-7-10-8-5-3-4-6-9(8)11;1-2-4-7-6(3-1)8-5-9-7;1-2-4-5-3-1;1-3-4-2;3-1-2(4)5;/h1-6H;1,3-7H;1-5H,(H,8,9);1-4H2;1,3-4H2,2H3;1H;/q;;;;-1;;+1/b9-5-;;;;;;. The van der Waals surface area contributed by atoms with Crippen molar-refractivity contribution in [2.45, 2.75) is 32.6 Å². The Balaban J connectivity index is 0.000000302. The third-order valence-electron chi connectivity index (χ3n) is 5.96. The number of fused-ring (bicyclic) bond motifs is 3. The van der Waals surface area contributed by atoms with Crippen LogP contribution in [-0.2, 0) is 4.74 Å². The molecule has 1 aliphatic heterocycles. The molecule has 1 N–H and O–H groups in total. The van der Waals surface area contributed by atoms with Crippen LogP contribution in [0.15, 0.2) is 107 Å². The quantitative estimate of drug-likeness (QED) is 0.110. The van der Waals surface area contributed by atoms with E-state index in [2.05, 4.69) is 39.8 Å². The van der Waals surface area contributed by atoms with Gasteiger partial charge in [-0.25, -0.2) is 15.0 Å². The van der Waals surface area contributed by atoms with Crippen LogP contribution in [0, 0.1) is 19.4 Å². The third kappa shape index (κ3) is 15.6. The van der Waals surface area contributed by atoms with Gasteiger partial charge in [-0.3, -0.25) is 9.13 Å². The Morgan fingerprint density at radius 2 is 1.38 bits per heavy atom. The zero-order valence-corrected chi connectivity index (χ0v) is 30.7. The van der Waals surface area contributed by atoms with Gasteiger partial charge in [-0.1, -0.05) is 114 Å². The molecule has 13 heteroatoms. The summed E-state index contributed by atoms with van der Waals surface area (Å²) in [6.45, 7) is 7.72. The van der Waals surface area contributed by atoms with Gasteiger partial charge in [0.05, 0.1) is 39.4 Å². The average Bonchev–Trinajstić information content (AvgIpc) is 3.96. The second-order valence-corrected chi connectivity index (χ2v) is 11.1. The van der Waals surface area contributed by atoms with Crippen LogP contribution in [0.3, 0.4) is 0 Å². The number of benzene rings is 3. The van der Waals surface area contributed by atoms with Gasteiger partial charge in [0.1, 0.15) is 22.3 Å². The van der Waals surface area contributed by atoms with E-state index >= 15 is 0 Å². The summed E-state index contributed by atoms with van der Waals surface area (Å²) in [6.07, 6.45) is 15.1. The largest absolute Gasteiger partial charge is 1.00 e. The van der Waals surface area contributed by atoms with Crippen molar-refractivity contribution in [2.24, 2.45) is 0 Å². The van der Waals surface area contributed by atoms with Crippen LogP contribution in [0.4, 0.5) is 0 Å². The first kappa shape index (κ1) is 43.1. The number of imidazole rings is 3. The topological polar surface area (TPSA) is 73.6 Å². The van der Waals surface area contributed by atoms with E-state index in [1.54, 1.807) is 28.1 Å². The van der Waals surface area contributed by atoms with Gasteiger partial charge >= 0.3 is 18.9 Å². The molecule has 6 aromatic rings. The van der Waals surface area contributed by atoms with Crippen LogP contribution >= 0.6 is 58.0 Å². The van der Waals surface area contributed by atoms with E-state index in [0.717, 1.165) is 58.3 Å². The Morgan fingerprint density at radius 1 is 0.854 bits per heavy atom. The number of H-pyrrole nitrogens is 1. The van der Waals surface area contributed by atoms with E-state index in [9.17, 15) is 0 Å². The van der Waals surface area contributed by atoms with Crippen LogP contribution < -0.4 is 18.9 Å². The molecule has 0 radical (unpaired) electrons. The fraction of sp³-hybridized carbons (Fsp3) is 0.200. The summed E-state index contributed by atoms with van der Waals surface area (Å²) >= 11 is 26.2. The summed E-state index contributed by atoms with van der Waals surface area (Å²) in [5, 5.41) is 0.440. The van der Waals surface area contributed by atoms with E-state index < -0.39 is 0 Å². The van der Waals surface area contributed by atoms with Crippen molar-refractivity contribution in [2.75, 3.05) is 13.2 Å². The summed E-state index contributed by atoms with van der Waals surface area (Å²) < 4.78 is 8.42. The van der Waals surface area contributed by atoms with Crippen molar-refractivity contribution >= 4 is 96.3 Å². The molecule has 0 aliphatic carbocycles. The van der Waals surface area contributed by atoms with Gasteiger partial charge in [-0.2, -0.15) is 6.42 Å². The molecular weight excluding hydrogens is 705 g/mol. The van der Waals surface area contributed by atoms with Gasteiger partial charge in [0.25, 0.3) is 0 Å². The maximum Gasteiger partial charge on any atom is 1.00 e. The van der Waals surface area contributed by atoms with Gasteiger partial charge in [0, 0.05) is 30.3 Å². The van der Waals surface area contributed by atoms with Crippen molar-refractivity contribution in [1.82, 2.24) is 29.1 Å². The zero-order chi connectivity index (χ0) is 34.3.